The van der Waals surface area contributed by atoms with Crippen molar-refractivity contribution < 1.29 is 0 Å². The van der Waals surface area contributed by atoms with E-state index in [4.69, 9.17) is 0 Å². The Morgan fingerprint density at radius 3 is 2.16 bits per heavy atom. The smallest absolute Gasteiger partial charge is 0.0357 e. The molecule has 1 rings (SSSR count). The standard InChI is InChI=1S/C18H29N/c1-6-12-19-18(13-15(5)7-2)17-10-8-16(9-11-17)14(3)4/h8-11,14,18-19H,5-7,12-13H2,1-4H3. The summed E-state index contributed by atoms with van der Waals surface area (Å²) in [6.07, 6.45) is 3.27. The first kappa shape index (κ1) is 16.0. The Bertz CT molecular complexity index is 375. The summed E-state index contributed by atoms with van der Waals surface area (Å²) < 4.78 is 0. The molecule has 19 heavy (non-hydrogen) atoms. The maximum atomic E-state index is 4.15. The van der Waals surface area contributed by atoms with Crippen LogP contribution in [0.25, 0.3) is 0 Å². The van der Waals surface area contributed by atoms with Gasteiger partial charge in [0.25, 0.3) is 0 Å². The SMILES string of the molecule is C=C(CC)CC(NCCC)c1ccc(C(C)C)cc1. The molecule has 1 aromatic carbocycles. The highest BCUT2D eigenvalue weighted by molar-refractivity contribution is 5.27. The highest BCUT2D eigenvalue weighted by atomic mass is 14.9. The maximum absolute atomic E-state index is 4.15. The lowest BCUT2D eigenvalue weighted by Crippen LogP contribution is -2.22. The van der Waals surface area contributed by atoms with E-state index in [2.05, 4.69) is 63.9 Å². The molecule has 106 valence electrons. The van der Waals surface area contributed by atoms with Crippen LogP contribution in [0.5, 0.6) is 0 Å². The van der Waals surface area contributed by atoms with Crippen LogP contribution in [-0.2, 0) is 0 Å². The molecule has 0 saturated carbocycles. The van der Waals surface area contributed by atoms with Gasteiger partial charge in [0, 0.05) is 6.04 Å². The lowest BCUT2D eigenvalue weighted by molar-refractivity contribution is 0.523. The molecule has 1 nitrogen and oxygen atoms in total. The Labute approximate surface area is 119 Å². The van der Waals surface area contributed by atoms with E-state index in [0.29, 0.717) is 12.0 Å². The summed E-state index contributed by atoms with van der Waals surface area (Å²) in [7, 11) is 0. The predicted octanol–water partition coefficient (Wildman–Crippen LogP) is 5.21. The number of hydrogen-bond acceptors (Lipinski definition) is 1. The Kier molecular flexibility index (Phi) is 6.86. The monoisotopic (exact) mass is 259 g/mol. The van der Waals surface area contributed by atoms with Crippen LogP contribution in [0.2, 0.25) is 0 Å². The molecule has 0 aliphatic carbocycles. The molecular weight excluding hydrogens is 230 g/mol. The van der Waals surface area contributed by atoms with Gasteiger partial charge in [-0.05, 0) is 42.9 Å². The molecular formula is C18H29N. The second-order valence-corrected chi connectivity index (χ2v) is 5.64. The first-order valence-electron chi connectivity index (χ1n) is 7.58. The molecule has 0 bridgehead atoms. The van der Waals surface area contributed by atoms with Crippen molar-refractivity contribution in [2.45, 2.75) is 58.9 Å². The fourth-order valence-corrected chi connectivity index (χ4v) is 2.17. The van der Waals surface area contributed by atoms with Gasteiger partial charge in [0.05, 0.1) is 0 Å². The van der Waals surface area contributed by atoms with E-state index in [0.717, 1.165) is 19.4 Å². The normalized spacial score (nSPS) is 12.7. The molecule has 1 unspecified atom stereocenters. The van der Waals surface area contributed by atoms with Gasteiger partial charge in [-0.3, -0.25) is 0 Å². The zero-order valence-corrected chi connectivity index (χ0v) is 13.0. The number of hydrogen-bond donors (Lipinski definition) is 1. The van der Waals surface area contributed by atoms with Gasteiger partial charge in [-0.25, -0.2) is 0 Å². The van der Waals surface area contributed by atoms with Crippen molar-refractivity contribution in [2.75, 3.05) is 6.54 Å². The van der Waals surface area contributed by atoms with E-state index in [1.54, 1.807) is 0 Å². The number of benzene rings is 1. The van der Waals surface area contributed by atoms with Gasteiger partial charge in [-0.1, -0.05) is 64.1 Å². The van der Waals surface area contributed by atoms with Crippen LogP contribution < -0.4 is 5.32 Å². The molecule has 0 amide bonds. The Morgan fingerprint density at radius 2 is 1.68 bits per heavy atom. The van der Waals surface area contributed by atoms with Gasteiger partial charge in [-0.2, -0.15) is 0 Å². The number of nitrogens with one attached hydrogen (secondary N) is 1. The van der Waals surface area contributed by atoms with Crippen molar-refractivity contribution in [2.24, 2.45) is 0 Å². The molecule has 1 atom stereocenters. The van der Waals surface area contributed by atoms with Gasteiger partial charge in [0.2, 0.25) is 0 Å². The van der Waals surface area contributed by atoms with Crippen LogP contribution in [0.15, 0.2) is 36.4 Å². The van der Waals surface area contributed by atoms with Crippen LogP contribution in [0, 0.1) is 0 Å². The fourth-order valence-electron chi connectivity index (χ4n) is 2.17. The number of rotatable bonds is 8. The van der Waals surface area contributed by atoms with Gasteiger partial charge in [0.1, 0.15) is 0 Å². The molecule has 0 spiro atoms. The van der Waals surface area contributed by atoms with E-state index in [-0.39, 0.29) is 0 Å². The minimum atomic E-state index is 0.411. The largest absolute Gasteiger partial charge is 0.310 e. The van der Waals surface area contributed by atoms with E-state index in [9.17, 15) is 0 Å². The van der Waals surface area contributed by atoms with Crippen molar-refractivity contribution in [1.82, 2.24) is 5.32 Å². The topological polar surface area (TPSA) is 12.0 Å². The summed E-state index contributed by atoms with van der Waals surface area (Å²) in [6, 6.07) is 9.47. The van der Waals surface area contributed by atoms with Crippen molar-refractivity contribution in [3.63, 3.8) is 0 Å². The van der Waals surface area contributed by atoms with Crippen LogP contribution in [0.4, 0.5) is 0 Å². The molecule has 0 fully saturated rings. The van der Waals surface area contributed by atoms with Gasteiger partial charge < -0.3 is 5.32 Å². The Morgan fingerprint density at radius 1 is 1.11 bits per heavy atom. The quantitative estimate of drug-likeness (QED) is 0.632. The minimum absolute atomic E-state index is 0.411. The van der Waals surface area contributed by atoms with Crippen LogP contribution in [0.1, 0.15) is 70.0 Å². The average Bonchev–Trinajstić information content (AvgIpc) is 2.43. The summed E-state index contributed by atoms with van der Waals surface area (Å²) in [5, 5.41) is 3.64. The third-order valence-corrected chi connectivity index (χ3v) is 3.64. The zero-order chi connectivity index (χ0) is 14.3. The van der Waals surface area contributed by atoms with Gasteiger partial charge >= 0.3 is 0 Å². The Balaban J connectivity index is 2.80. The zero-order valence-electron chi connectivity index (χ0n) is 13.0. The molecule has 0 heterocycles. The second kappa shape index (κ2) is 8.16. The molecule has 1 heteroatoms. The lowest BCUT2D eigenvalue weighted by atomic mass is 9.95. The van der Waals surface area contributed by atoms with E-state index in [1.165, 1.54) is 23.1 Å². The first-order valence-corrected chi connectivity index (χ1v) is 7.58. The molecule has 0 radical (unpaired) electrons. The summed E-state index contributed by atoms with van der Waals surface area (Å²) in [6.45, 7) is 14.1. The molecule has 0 aliphatic heterocycles. The van der Waals surface area contributed by atoms with Gasteiger partial charge in [-0.15, -0.1) is 0 Å². The molecule has 1 N–H and O–H groups in total. The van der Waals surface area contributed by atoms with Crippen molar-refractivity contribution in [3.8, 4) is 0 Å². The van der Waals surface area contributed by atoms with Crippen LogP contribution >= 0.6 is 0 Å². The summed E-state index contributed by atoms with van der Waals surface area (Å²) >= 11 is 0. The molecule has 0 aromatic heterocycles. The van der Waals surface area contributed by atoms with E-state index >= 15 is 0 Å². The highest BCUT2D eigenvalue weighted by Gasteiger charge is 2.11. The highest BCUT2D eigenvalue weighted by Crippen LogP contribution is 2.24. The van der Waals surface area contributed by atoms with E-state index in [1.807, 2.05) is 0 Å². The van der Waals surface area contributed by atoms with Gasteiger partial charge in [0.15, 0.2) is 0 Å². The van der Waals surface area contributed by atoms with Crippen molar-refractivity contribution in [3.05, 3.63) is 47.5 Å². The fraction of sp³-hybridized carbons (Fsp3) is 0.556. The van der Waals surface area contributed by atoms with Crippen LogP contribution in [-0.4, -0.2) is 6.54 Å². The average molecular weight is 259 g/mol. The third-order valence-electron chi connectivity index (χ3n) is 3.64. The van der Waals surface area contributed by atoms with Crippen molar-refractivity contribution in [1.29, 1.82) is 0 Å². The second-order valence-electron chi connectivity index (χ2n) is 5.64. The summed E-state index contributed by atoms with van der Waals surface area (Å²) in [4.78, 5) is 0. The minimum Gasteiger partial charge on any atom is -0.310 e. The summed E-state index contributed by atoms with van der Waals surface area (Å²) in [5.41, 5.74) is 4.11. The molecule has 0 saturated heterocycles. The van der Waals surface area contributed by atoms with Crippen molar-refractivity contribution >= 4 is 0 Å². The molecule has 1 aromatic rings. The van der Waals surface area contributed by atoms with E-state index < -0.39 is 0 Å². The van der Waals surface area contributed by atoms with Crippen LogP contribution in [0.3, 0.4) is 0 Å². The third kappa shape index (κ3) is 5.20. The predicted molar refractivity (Wildman–Crippen MR) is 85.6 cm³/mol. The summed E-state index contributed by atoms with van der Waals surface area (Å²) in [5.74, 6) is 0.599. The maximum Gasteiger partial charge on any atom is 0.0357 e. The first-order chi connectivity index (χ1) is 9.08. The molecule has 0 aliphatic rings. The lowest BCUT2D eigenvalue weighted by Gasteiger charge is -2.20. The Hall–Kier alpha value is -1.08.